The Balaban J connectivity index is 2.24. The van der Waals surface area contributed by atoms with E-state index >= 15 is 0 Å². The summed E-state index contributed by atoms with van der Waals surface area (Å²) in [6.07, 6.45) is -0.195. The quantitative estimate of drug-likeness (QED) is 0.876. The second-order valence-electron chi connectivity index (χ2n) is 5.69. The van der Waals surface area contributed by atoms with Gasteiger partial charge in [-0.05, 0) is 44.5 Å². The minimum absolute atomic E-state index is 0.0470. The van der Waals surface area contributed by atoms with Crippen molar-refractivity contribution in [3.05, 3.63) is 23.8 Å². The largest absolute Gasteiger partial charge is 0.491 e. The van der Waals surface area contributed by atoms with Gasteiger partial charge in [-0.1, -0.05) is 0 Å². The number of morpholine rings is 1. The van der Waals surface area contributed by atoms with Gasteiger partial charge < -0.3 is 15.2 Å². The Morgan fingerprint density at radius 2 is 2.18 bits per heavy atom. The fourth-order valence-electron chi connectivity index (χ4n) is 2.37. The van der Waals surface area contributed by atoms with E-state index in [1.165, 1.54) is 4.31 Å². The molecule has 0 aromatic heterocycles. The summed E-state index contributed by atoms with van der Waals surface area (Å²) in [5.41, 5.74) is 6.38. The van der Waals surface area contributed by atoms with Crippen LogP contribution in [0.3, 0.4) is 0 Å². The van der Waals surface area contributed by atoms with Crippen molar-refractivity contribution < 1.29 is 17.9 Å². The van der Waals surface area contributed by atoms with Gasteiger partial charge in [-0.15, -0.1) is 0 Å². The van der Waals surface area contributed by atoms with Crippen molar-refractivity contribution in [2.75, 3.05) is 26.2 Å². The molecule has 1 fully saturated rings. The Bertz CT molecular complexity index is 616. The molecule has 1 aliphatic heterocycles. The molecule has 22 heavy (non-hydrogen) atoms. The molecule has 0 bridgehead atoms. The van der Waals surface area contributed by atoms with Crippen LogP contribution in [0.25, 0.3) is 0 Å². The lowest BCUT2D eigenvalue weighted by molar-refractivity contribution is 0.00450. The van der Waals surface area contributed by atoms with E-state index in [9.17, 15) is 8.42 Å². The summed E-state index contributed by atoms with van der Waals surface area (Å²) in [6.45, 7) is 7.04. The molecular weight excluding hydrogens is 304 g/mol. The zero-order valence-corrected chi connectivity index (χ0v) is 14.1. The van der Waals surface area contributed by atoms with Crippen molar-refractivity contribution in [3.8, 4) is 5.75 Å². The maximum atomic E-state index is 12.7. The lowest BCUT2D eigenvalue weighted by Crippen LogP contribution is -2.48. The van der Waals surface area contributed by atoms with Crippen LogP contribution in [0.15, 0.2) is 23.1 Å². The highest BCUT2D eigenvalue weighted by molar-refractivity contribution is 7.89. The van der Waals surface area contributed by atoms with E-state index in [0.29, 0.717) is 32.0 Å². The van der Waals surface area contributed by atoms with Crippen LogP contribution < -0.4 is 10.5 Å². The SMILES string of the molecule is Cc1cc(S(=O)(=O)N2CCOC(CN)C2)ccc1OC(C)C. The van der Waals surface area contributed by atoms with Gasteiger partial charge in [0, 0.05) is 19.6 Å². The molecule has 1 heterocycles. The lowest BCUT2D eigenvalue weighted by Gasteiger charge is -2.31. The maximum Gasteiger partial charge on any atom is 0.243 e. The number of rotatable bonds is 5. The van der Waals surface area contributed by atoms with Crippen LogP contribution in [0.4, 0.5) is 0 Å². The van der Waals surface area contributed by atoms with Gasteiger partial charge >= 0.3 is 0 Å². The van der Waals surface area contributed by atoms with Crippen molar-refractivity contribution in [2.24, 2.45) is 5.73 Å². The molecule has 0 saturated carbocycles. The van der Waals surface area contributed by atoms with Crippen molar-refractivity contribution in [2.45, 2.75) is 37.9 Å². The first-order chi connectivity index (χ1) is 10.3. The standard InChI is InChI=1S/C15H24N2O4S/c1-11(2)21-15-5-4-14(8-12(15)3)22(18,19)17-6-7-20-13(9-16)10-17/h4-5,8,11,13H,6-7,9-10,16H2,1-3H3. The van der Waals surface area contributed by atoms with E-state index in [0.717, 1.165) is 5.56 Å². The Kier molecular flexibility index (Phi) is 5.44. The first-order valence-corrected chi connectivity index (χ1v) is 8.87. The molecular formula is C15H24N2O4S. The third-order valence-corrected chi connectivity index (χ3v) is 5.37. The molecule has 1 atom stereocenters. The molecule has 2 rings (SSSR count). The third kappa shape index (κ3) is 3.78. The smallest absolute Gasteiger partial charge is 0.243 e. The van der Waals surface area contributed by atoms with Gasteiger partial charge in [-0.3, -0.25) is 0 Å². The molecule has 7 heteroatoms. The highest BCUT2D eigenvalue weighted by atomic mass is 32.2. The van der Waals surface area contributed by atoms with Crippen molar-refractivity contribution >= 4 is 10.0 Å². The zero-order chi connectivity index (χ0) is 16.3. The number of sulfonamides is 1. The third-order valence-electron chi connectivity index (χ3n) is 3.51. The summed E-state index contributed by atoms with van der Waals surface area (Å²) in [5.74, 6) is 0.704. The van der Waals surface area contributed by atoms with Gasteiger partial charge in [0.05, 0.1) is 23.7 Å². The average molecular weight is 328 g/mol. The first kappa shape index (κ1) is 17.2. The number of ether oxygens (including phenoxy) is 2. The molecule has 2 N–H and O–H groups in total. The number of hydrogen-bond donors (Lipinski definition) is 1. The second kappa shape index (κ2) is 6.95. The van der Waals surface area contributed by atoms with Crippen molar-refractivity contribution in [1.29, 1.82) is 0 Å². The van der Waals surface area contributed by atoms with Crippen LogP contribution in [-0.2, 0) is 14.8 Å². The van der Waals surface area contributed by atoms with E-state index in [-0.39, 0.29) is 17.1 Å². The molecule has 0 amide bonds. The lowest BCUT2D eigenvalue weighted by atomic mass is 10.2. The normalized spacial score (nSPS) is 20.3. The van der Waals surface area contributed by atoms with Crippen LogP contribution in [0, 0.1) is 6.92 Å². The first-order valence-electron chi connectivity index (χ1n) is 7.43. The molecule has 6 nitrogen and oxygen atoms in total. The number of nitrogens with zero attached hydrogens (tertiary/aromatic N) is 1. The predicted molar refractivity (Wildman–Crippen MR) is 84.5 cm³/mol. The van der Waals surface area contributed by atoms with Gasteiger partial charge in [0.25, 0.3) is 0 Å². The van der Waals surface area contributed by atoms with E-state index < -0.39 is 10.0 Å². The summed E-state index contributed by atoms with van der Waals surface area (Å²) in [7, 11) is -3.53. The fourth-order valence-corrected chi connectivity index (χ4v) is 3.91. The van der Waals surface area contributed by atoms with Gasteiger partial charge in [0.15, 0.2) is 0 Å². The predicted octanol–water partition coefficient (Wildman–Crippen LogP) is 1.13. The number of nitrogens with two attached hydrogens (primary N) is 1. The van der Waals surface area contributed by atoms with Gasteiger partial charge in [0.1, 0.15) is 5.75 Å². The van der Waals surface area contributed by atoms with Crippen LogP contribution in [0.5, 0.6) is 5.75 Å². The van der Waals surface area contributed by atoms with Crippen LogP contribution >= 0.6 is 0 Å². The Labute approximate surface area is 132 Å². The molecule has 1 aliphatic rings. The van der Waals surface area contributed by atoms with Crippen LogP contribution in [0.1, 0.15) is 19.4 Å². The fraction of sp³-hybridized carbons (Fsp3) is 0.600. The highest BCUT2D eigenvalue weighted by Gasteiger charge is 2.30. The number of hydrogen-bond acceptors (Lipinski definition) is 5. The van der Waals surface area contributed by atoms with Crippen LogP contribution in [0.2, 0.25) is 0 Å². The molecule has 0 aliphatic carbocycles. The van der Waals surface area contributed by atoms with Crippen molar-refractivity contribution in [3.63, 3.8) is 0 Å². The monoisotopic (exact) mass is 328 g/mol. The summed E-state index contributed by atoms with van der Waals surface area (Å²) < 4.78 is 38.0. The molecule has 1 saturated heterocycles. The maximum absolute atomic E-state index is 12.7. The minimum Gasteiger partial charge on any atom is -0.491 e. The van der Waals surface area contributed by atoms with Crippen molar-refractivity contribution in [1.82, 2.24) is 4.31 Å². The summed E-state index contributed by atoms with van der Waals surface area (Å²) in [4.78, 5) is 0.277. The van der Waals surface area contributed by atoms with Gasteiger partial charge in [-0.2, -0.15) is 4.31 Å². The topological polar surface area (TPSA) is 81.9 Å². The number of aryl methyl sites for hydroxylation is 1. The second-order valence-corrected chi connectivity index (χ2v) is 7.62. The van der Waals surface area contributed by atoms with E-state index in [2.05, 4.69) is 0 Å². The Hall–Kier alpha value is -1.15. The number of benzene rings is 1. The molecule has 1 aromatic rings. The minimum atomic E-state index is -3.53. The molecule has 1 unspecified atom stereocenters. The van der Waals surface area contributed by atoms with Crippen LogP contribution in [-0.4, -0.2) is 51.2 Å². The van der Waals surface area contributed by atoms with Gasteiger partial charge in [0.2, 0.25) is 10.0 Å². The van der Waals surface area contributed by atoms with E-state index in [4.69, 9.17) is 15.2 Å². The Morgan fingerprint density at radius 3 is 2.77 bits per heavy atom. The van der Waals surface area contributed by atoms with Gasteiger partial charge in [-0.25, -0.2) is 8.42 Å². The summed E-state index contributed by atoms with van der Waals surface area (Å²) in [5, 5.41) is 0. The van der Waals surface area contributed by atoms with E-state index in [1.807, 2.05) is 20.8 Å². The molecule has 1 aromatic carbocycles. The van der Waals surface area contributed by atoms with E-state index in [1.54, 1.807) is 18.2 Å². The highest BCUT2D eigenvalue weighted by Crippen LogP contribution is 2.25. The molecule has 124 valence electrons. The summed E-state index contributed by atoms with van der Waals surface area (Å²) >= 11 is 0. The molecule has 0 radical (unpaired) electrons. The summed E-state index contributed by atoms with van der Waals surface area (Å²) in [6, 6.07) is 4.95. The Morgan fingerprint density at radius 1 is 1.45 bits per heavy atom. The molecule has 0 spiro atoms. The zero-order valence-electron chi connectivity index (χ0n) is 13.3. The average Bonchev–Trinajstić information content (AvgIpc) is 2.49.